The summed E-state index contributed by atoms with van der Waals surface area (Å²) in [6.07, 6.45) is 2.94. The molecule has 3 rings (SSSR count). The van der Waals surface area contributed by atoms with Crippen LogP contribution in [0.4, 0.5) is 5.69 Å². The quantitative estimate of drug-likeness (QED) is 0.903. The van der Waals surface area contributed by atoms with Crippen LogP contribution in [-0.4, -0.2) is 27.9 Å². The van der Waals surface area contributed by atoms with Gasteiger partial charge in [0.1, 0.15) is 5.69 Å². The number of nitrogens with zero attached hydrogens (tertiary/aromatic N) is 2. The number of para-hydroxylation sites is 1. The van der Waals surface area contributed by atoms with E-state index in [9.17, 15) is 9.59 Å². The highest BCUT2D eigenvalue weighted by molar-refractivity contribution is 5.95. The van der Waals surface area contributed by atoms with Crippen molar-refractivity contribution in [1.29, 1.82) is 0 Å². The third-order valence-corrected chi connectivity index (χ3v) is 4.43. The molecule has 122 valence electrons. The van der Waals surface area contributed by atoms with Gasteiger partial charge in [-0.1, -0.05) is 24.6 Å². The van der Waals surface area contributed by atoms with Gasteiger partial charge in [0.25, 0.3) is 5.56 Å². The Bertz CT molecular complexity index is 755. The zero-order valence-corrected chi connectivity index (χ0v) is 13.5. The van der Waals surface area contributed by atoms with E-state index in [1.54, 1.807) is 9.36 Å². The summed E-state index contributed by atoms with van der Waals surface area (Å²) in [4.78, 5) is 25.1. The molecule has 1 fully saturated rings. The van der Waals surface area contributed by atoms with Crippen LogP contribution in [0.25, 0.3) is 5.69 Å². The Kier molecular flexibility index (Phi) is 4.34. The maximum Gasteiger partial charge on any atom is 0.295 e. The Morgan fingerprint density at radius 1 is 1.26 bits per heavy atom. The molecule has 0 saturated carbocycles. The molecular weight excluding hydrogens is 292 g/mol. The van der Waals surface area contributed by atoms with Gasteiger partial charge in [-0.3, -0.25) is 14.3 Å². The summed E-state index contributed by atoms with van der Waals surface area (Å²) < 4.78 is 3.33. The van der Waals surface area contributed by atoms with Crippen molar-refractivity contribution in [1.82, 2.24) is 14.7 Å². The number of amides is 1. The van der Waals surface area contributed by atoms with Gasteiger partial charge in [-0.05, 0) is 38.4 Å². The van der Waals surface area contributed by atoms with Gasteiger partial charge in [-0.2, -0.15) is 0 Å². The molecule has 2 heterocycles. The van der Waals surface area contributed by atoms with Crippen molar-refractivity contribution in [3.63, 3.8) is 0 Å². The molecular formula is C17H22N4O2. The van der Waals surface area contributed by atoms with Crippen molar-refractivity contribution in [2.24, 2.45) is 7.05 Å². The van der Waals surface area contributed by atoms with E-state index in [4.69, 9.17) is 0 Å². The van der Waals surface area contributed by atoms with E-state index < -0.39 is 0 Å². The SMILES string of the molecule is Cc1c(NC(=O)[C@@H]2CCCCN2)c(=O)n(-c2ccccc2)n1C. The summed E-state index contributed by atoms with van der Waals surface area (Å²) in [6.45, 7) is 2.69. The lowest BCUT2D eigenvalue weighted by molar-refractivity contribution is -0.118. The molecule has 1 aliphatic rings. The molecule has 0 unspecified atom stereocenters. The molecule has 1 saturated heterocycles. The number of carbonyl (C=O) groups excluding carboxylic acids is 1. The molecule has 1 aromatic heterocycles. The highest BCUT2D eigenvalue weighted by atomic mass is 16.2. The van der Waals surface area contributed by atoms with Gasteiger partial charge < -0.3 is 10.6 Å². The normalized spacial score (nSPS) is 17.9. The number of piperidine rings is 1. The molecule has 0 spiro atoms. The van der Waals surface area contributed by atoms with E-state index >= 15 is 0 Å². The molecule has 0 bridgehead atoms. The van der Waals surface area contributed by atoms with Crippen molar-refractivity contribution in [2.75, 3.05) is 11.9 Å². The van der Waals surface area contributed by atoms with E-state index in [0.29, 0.717) is 5.69 Å². The summed E-state index contributed by atoms with van der Waals surface area (Å²) >= 11 is 0. The first-order chi connectivity index (χ1) is 11.1. The molecule has 1 atom stereocenters. The first-order valence-corrected chi connectivity index (χ1v) is 7.98. The predicted molar refractivity (Wildman–Crippen MR) is 90.0 cm³/mol. The molecule has 1 amide bonds. The minimum Gasteiger partial charge on any atom is -0.319 e. The van der Waals surface area contributed by atoms with Crippen LogP contribution in [0.3, 0.4) is 0 Å². The first-order valence-electron chi connectivity index (χ1n) is 7.98. The second-order valence-electron chi connectivity index (χ2n) is 5.93. The van der Waals surface area contributed by atoms with Crippen molar-refractivity contribution < 1.29 is 4.79 Å². The lowest BCUT2D eigenvalue weighted by Crippen LogP contribution is -2.44. The monoisotopic (exact) mass is 314 g/mol. The number of hydrogen-bond donors (Lipinski definition) is 2. The van der Waals surface area contributed by atoms with Crippen molar-refractivity contribution in [2.45, 2.75) is 32.2 Å². The first kappa shape index (κ1) is 15.6. The predicted octanol–water partition coefficient (Wildman–Crippen LogP) is 1.57. The smallest absolute Gasteiger partial charge is 0.295 e. The van der Waals surface area contributed by atoms with Gasteiger partial charge in [0.15, 0.2) is 0 Å². The number of aromatic nitrogens is 2. The maximum atomic E-state index is 12.7. The lowest BCUT2D eigenvalue weighted by Gasteiger charge is -2.22. The molecule has 1 aliphatic heterocycles. The zero-order valence-electron chi connectivity index (χ0n) is 13.5. The van der Waals surface area contributed by atoms with Crippen LogP contribution in [0, 0.1) is 6.92 Å². The molecule has 2 aromatic rings. The van der Waals surface area contributed by atoms with Crippen LogP contribution in [-0.2, 0) is 11.8 Å². The van der Waals surface area contributed by atoms with Crippen molar-refractivity contribution in [3.8, 4) is 5.69 Å². The highest BCUT2D eigenvalue weighted by Crippen LogP contribution is 2.15. The minimum absolute atomic E-state index is 0.129. The topological polar surface area (TPSA) is 68.1 Å². The number of nitrogens with one attached hydrogen (secondary N) is 2. The van der Waals surface area contributed by atoms with E-state index in [0.717, 1.165) is 37.2 Å². The van der Waals surface area contributed by atoms with E-state index in [2.05, 4.69) is 10.6 Å². The second-order valence-corrected chi connectivity index (χ2v) is 5.93. The average Bonchev–Trinajstić information content (AvgIpc) is 2.80. The molecule has 0 radical (unpaired) electrons. The Labute approximate surface area is 135 Å². The summed E-state index contributed by atoms with van der Waals surface area (Å²) in [5.41, 5.74) is 1.66. The van der Waals surface area contributed by atoms with Crippen LogP contribution >= 0.6 is 0 Å². The van der Waals surface area contributed by atoms with E-state index in [1.165, 1.54) is 0 Å². The van der Waals surface area contributed by atoms with Crippen molar-refractivity contribution in [3.05, 3.63) is 46.4 Å². The molecule has 6 heteroatoms. The van der Waals surface area contributed by atoms with Crippen LogP contribution in [0.15, 0.2) is 35.1 Å². The van der Waals surface area contributed by atoms with E-state index in [1.807, 2.05) is 44.3 Å². The largest absolute Gasteiger partial charge is 0.319 e. The van der Waals surface area contributed by atoms with Crippen LogP contribution in [0.5, 0.6) is 0 Å². The van der Waals surface area contributed by atoms with Crippen LogP contribution in [0.1, 0.15) is 25.0 Å². The molecule has 2 N–H and O–H groups in total. The summed E-state index contributed by atoms with van der Waals surface area (Å²) in [5, 5.41) is 6.03. The van der Waals surface area contributed by atoms with Gasteiger partial charge in [-0.15, -0.1) is 0 Å². The number of rotatable bonds is 3. The number of benzene rings is 1. The zero-order chi connectivity index (χ0) is 16.4. The molecule has 1 aromatic carbocycles. The Hall–Kier alpha value is -2.34. The fourth-order valence-electron chi connectivity index (χ4n) is 3.00. The van der Waals surface area contributed by atoms with Gasteiger partial charge in [0.05, 0.1) is 17.4 Å². The average molecular weight is 314 g/mol. The summed E-state index contributed by atoms with van der Waals surface area (Å²) in [7, 11) is 1.82. The fourth-order valence-corrected chi connectivity index (χ4v) is 3.00. The van der Waals surface area contributed by atoms with E-state index in [-0.39, 0.29) is 17.5 Å². The van der Waals surface area contributed by atoms with Gasteiger partial charge in [-0.25, -0.2) is 4.68 Å². The Balaban J connectivity index is 1.92. The standard InChI is InChI=1S/C17H22N4O2/c1-12-15(19-16(22)14-10-6-7-11-18-14)17(23)21(20(12)2)13-8-4-3-5-9-13/h3-5,8-9,14,18H,6-7,10-11H2,1-2H3,(H,19,22)/t14-/m0/s1. The van der Waals surface area contributed by atoms with Crippen LogP contribution < -0.4 is 16.2 Å². The number of hydrogen-bond acceptors (Lipinski definition) is 3. The number of carbonyl (C=O) groups is 1. The Morgan fingerprint density at radius 2 is 2.00 bits per heavy atom. The molecule has 0 aliphatic carbocycles. The van der Waals surface area contributed by atoms with Gasteiger partial charge >= 0.3 is 0 Å². The summed E-state index contributed by atoms with van der Waals surface area (Å²) in [5.74, 6) is -0.129. The molecule has 23 heavy (non-hydrogen) atoms. The second kappa shape index (κ2) is 6.42. The number of anilines is 1. The lowest BCUT2D eigenvalue weighted by atomic mass is 10.0. The van der Waals surface area contributed by atoms with Gasteiger partial charge in [0.2, 0.25) is 5.91 Å². The van der Waals surface area contributed by atoms with Crippen molar-refractivity contribution >= 4 is 11.6 Å². The maximum absolute atomic E-state index is 12.7. The minimum atomic E-state index is -0.215. The third-order valence-electron chi connectivity index (χ3n) is 4.43. The van der Waals surface area contributed by atoms with Gasteiger partial charge in [0, 0.05) is 7.05 Å². The fraction of sp³-hybridized carbons (Fsp3) is 0.412. The third kappa shape index (κ3) is 2.94. The highest BCUT2D eigenvalue weighted by Gasteiger charge is 2.24. The summed E-state index contributed by atoms with van der Waals surface area (Å²) in [6, 6.07) is 9.20. The Morgan fingerprint density at radius 3 is 2.65 bits per heavy atom. The molecule has 6 nitrogen and oxygen atoms in total. The van der Waals surface area contributed by atoms with Crippen LogP contribution in [0.2, 0.25) is 0 Å².